The number of aromatic nitrogens is 1. The van der Waals surface area contributed by atoms with Gasteiger partial charge >= 0.3 is 0 Å². The number of ether oxygens (including phenoxy) is 1. The fraction of sp³-hybridized carbons (Fsp3) is 0.0833. The van der Waals surface area contributed by atoms with Gasteiger partial charge in [-0.3, -0.25) is 9.71 Å². The lowest BCUT2D eigenvalue weighted by atomic mass is 10.3. The number of nitrogens with one attached hydrogen (secondary N) is 1. The molecule has 6 nitrogen and oxygen atoms in total. The van der Waals surface area contributed by atoms with Gasteiger partial charge in [-0.25, -0.2) is 8.42 Å². The van der Waals surface area contributed by atoms with Gasteiger partial charge in [0.15, 0.2) is 0 Å². The van der Waals surface area contributed by atoms with Crippen LogP contribution in [0, 0.1) is 0 Å². The number of sulfonamides is 1. The second-order valence-corrected chi connectivity index (χ2v) is 5.92. The van der Waals surface area contributed by atoms with Gasteiger partial charge in [0.1, 0.15) is 10.6 Å². The predicted octanol–water partition coefficient (Wildman–Crippen LogP) is 2.13. The third-order valence-corrected chi connectivity index (χ3v) is 4.29. The van der Waals surface area contributed by atoms with Crippen LogP contribution in [0.25, 0.3) is 0 Å². The highest BCUT2D eigenvalue weighted by atomic mass is 35.5. The van der Waals surface area contributed by atoms with Crippen LogP contribution in [0.1, 0.15) is 0 Å². The topological polar surface area (TPSA) is 94.3 Å². The van der Waals surface area contributed by atoms with Crippen molar-refractivity contribution in [1.29, 1.82) is 0 Å². The molecule has 0 saturated heterocycles. The molecule has 2 aromatic rings. The molecular weight excluding hydrogens is 302 g/mol. The molecule has 0 fully saturated rings. The molecule has 0 spiro atoms. The molecule has 1 aromatic carbocycles. The first-order chi connectivity index (χ1) is 9.44. The van der Waals surface area contributed by atoms with E-state index in [1.165, 1.54) is 43.8 Å². The highest BCUT2D eigenvalue weighted by Gasteiger charge is 2.19. The Bertz CT molecular complexity index is 734. The van der Waals surface area contributed by atoms with Gasteiger partial charge in [0.25, 0.3) is 10.0 Å². The van der Waals surface area contributed by atoms with Crippen LogP contribution in [0.4, 0.5) is 11.4 Å². The van der Waals surface area contributed by atoms with E-state index in [2.05, 4.69) is 9.71 Å². The smallest absolute Gasteiger partial charge is 0.264 e. The van der Waals surface area contributed by atoms with Crippen molar-refractivity contribution in [3.05, 3.63) is 41.7 Å². The van der Waals surface area contributed by atoms with Gasteiger partial charge in [-0.05, 0) is 18.2 Å². The molecule has 0 amide bonds. The second-order valence-electron chi connectivity index (χ2n) is 3.86. The number of nitrogens with zero attached hydrogens (tertiary/aromatic N) is 1. The minimum absolute atomic E-state index is 0.0572. The van der Waals surface area contributed by atoms with Crippen LogP contribution in [0.2, 0.25) is 5.02 Å². The Morgan fingerprint density at radius 3 is 2.70 bits per heavy atom. The lowest BCUT2D eigenvalue weighted by molar-refractivity contribution is 0.414. The minimum atomic E-state index is -3.85. The summed E-state index contributed by atoms with van der Waals surface area (Å²) >= 11 is 5.89. The number of benzene rings is 1. The first kappa shape index (κ1) is 14.4. The molecule has 0 aliphatic heterocycles. The zero-order valence-corrected chi connectivity index (χ0v) is 12.1. The van der Waals surface area contributed by atoms with Crippen molar-refractivity contribution in [3.8, 4) is 5.75 Å². The van der Waals surface area contributed by atoms with Crippen molar-refractivity contribution in [1.82, 2.24) is 4.98 Å². The first-order valence-corrected chi connectivity index (χ1v) is 7.36. The summed E-state index contributed by atoms with van der Waals surface area (Å²) in [6.45, 7) is 0. The molecule has 3 N–H and O–H groups in total. The Morgan fingerprint density at radius 1 is 1.35 bits per heavy atom. The van der Waals surface area contributed by atoms with E-state index >= 15 is 0 Å². The number of methoxy groups -OCH3 is 1. The Kier molecular flexibility index (Phi) is 4.01. The maximum absolute atomic E-state index is 12.3. The van der Waals surface area contributed by atoms with Crippen molar-refractivity contribution in [2.45, 2.75) is 4.90 Å². The summed E-state index contributed by atoms with van der Waals surface area (Å²) in [6, 6.07) is 5.78. The molecule has 8 heteroatoms. The van der Waals surface area contributed by atoms with E-state index in [0.717, 1.165) is 0 Å². The molecule has 0 radical (unpaired) electrons. The van der Waals surface area contributed by atoms with Crippen molar-refractivity contribution in [2.24, 2.45) is 0 Å². The van der Waals surface area contributed by atoms with E-state index in [0.29, 0.717) is 5.75 Å². The number of halogens is 1. The van der Waals surface area contributed by atoms with E-state index < -0.39 is 10.0 Å². The molecule has 1 aromatic heterocycles. The number of nitrogens with two attached hydrogens (primary N) is 1. The van der Waals surface area contributed by atoms with Crippen LogP contribution in [0.5, 0.6) is 5.75 Å². The van der Waals surface area contributed by atoms with Crippen LogP contribution in [-0.4, -0.2) is 20.5 Å². The molecule has 0 saturated carbocycles. The van der Waals surface area contributed by atoms with Crippen molar-refractivity contribution >= 4 is 33.0 Å². The lowest BCUT2D eigenvalue weighted by Crippen LogP contribution is -2.15. The summed E-state index contributed by atoms with van der Waals surface area (Å²) in [7, 11) is -2.38. The molecule has 0 unspecified atom stereocenters. The van der Waals surface area contributed by atoms with E-state index in [9.17, 15) is 8.42 Å². The number of nitrogen functional groups attached to an aromatic ring is 1. The third kappa shape index (κ3) is 2.94. The van der Waals surface area contributed by atoms with E-state index in [1.54, 1.807) is 0 Å². The zero-order chi connectivity index (χ0) is 14.8. The summed E-state index contributed by atoms with van der Waals surface area (Å²) in [4.78, 5) is 3.75. The number of anilines is 2. The van der Waals surface area contributed by atoms with Crippen LogP contribution < -0.4 is 15.2 Å². The average molecular weight is 314 g/mol. The average Bonchev–Trinajstić information content (AvgIpc) is 2.40. The zero-order valence-electron chi connectivity index (χ0n) is 10.5. The lowest BCUT2D eigenvalue weighted by Gasteiger charge is -2.11. The predicted molar refractivity (Wildman–Crippen MR) is 77.5 cm³/mol. The maximum Gasteiger partial charge on any atom is 0.264 e. The van der Waals surface area contributed by atoms with Gasteiger partial charge in [-0.2, -0.15) is 0 Å². The van der Waals surface area contributed by atoms with Crippen LogP contribution in [-0.2, 0) is 10.0 Å². The normalized spacial score (nSPS) is 11.1. The van der Waals surface area contributed by atoms with E-state index in [1.807, 2.05) is 0 Å². The summed E-state index contributed by atoms with van der Waals surface area (Å²) < 4.78 is 31.8. The first-order valence-electron chi connectivity index (χ1n) is 5.50. The van der Waals surface area contributed by atoms with Gasteiger partial charge in [0.05, 0.1) is 29.7 Å². The molecule has 0 atom stereocenters. The van der Waals surface area contributed by atoms with Crippen molar-refractivity contribution < 1.29 is 13.2 Å². The quantitative estimate of drug-likeness (QED) is 0.843. The van der Waals surface area contributed by atoms with Gasteiger partial charge in [0, 0.05) is 12.3 Å². The van der Waals surface area contributed by atoms with Gasteiger partial charge in [-0.1, -0.05) is 11.6 Å². The summed E-state index contributed by atoms with van der Waals surface area (Å²) in [6.07, 6.45) is 2.78. The Morgan fingerprint density at radius 2 is 2.10 bits per heavy atom. The third-order valence-electron chi connectivity index (χ3n) is 2.52. The van der Waals surface area contributed by atoms with Crippen LogP contribution in [0.15, 0.2) is 41.6 Å². The van der Waals surface area contributed by atoms with Gasteiger partial charge in [-0.15, -0.1) is 0 Å². The highest BCUT2D eigenvalue weighted by molar-refractivity contribution is 7.92. The molecule has 1 heterocycles. The monoisotopic (exact) mass is 313 g/mol. The molecule has 106 valence electrons. The van der Waals surface area contributed by atoms with E-state index in [4.69, 9.17) is 22.1 Å². The van der Waals surface area contributed by atoms with Crippen LogP contribution in [0.3, 0.4) is 0 Å². The highest BCUT2D eigenvalue weighted by Crippen LogP contribution is 2.27. The standard InChI is InChI=1S/C12H12ClN3O3S/c1-19-8-2-3-12(10(14)6-8)20(17,18)16-11-7-15-5-4-9(11)13/h2-7,16H,14H2,1H3. The largest absolute Gasteiger partial charge is 0.497 e. The minimum Gasteiger partial charge on any atom is -0.497 e. The Balaban J connectivity index is 2.39. The second kappa shape index (κ2) is 5.56. The van der Waals surface area contributed by atoms with Gasteiger partial charge in [0.2, 0.25) is 0 Å². The Hall–Kier alpha value is -1.99. The van der Waals surface area contributed by atoms with Crippen molar-refractivity contribution in [3.63, 3.8) is 0 Å². The van der Waals surface area contributed by atoms with E-state index in [-0.39, 0.29) is 21.3 Å². The molecule has 2 rings (SSSR count). The summed E-state index contributed by atoms with van der Waals surface area (Å²) in [5, 5.41) is 0.246. The number of pyridine rings is 1. The molecule has 20 heavy (non-hydrogen) atoms. The van der Waals surface area contributed by atoms with Gasteiger partial charge < -0.3 is 10.5 Å². The van der Waals surface area contributed by atoms with Crippen molar-refractivity contribution in [2.75, 3.05) is 17.6 Å². The molecular formula is C12H12ClN3O3S. The summed E-state index contributed by atoms with van der Waals surface area (Å²) in [5.41, 5.74) is 5.99. The van der Waals surface area contributed by atoms with Crippen LogP contribution >= 0.6 is 11.6 Å². The molecule has 0 aliphatic carbocycles. The number of hydrogen-bond acceptors (Lipinski definition) is 5. The number of hydrogen-bond donors (Lipinski definition) is 2. The SMILES string of the molecule is COc1ccc(S(=O)(=O)Nc2cnccc2Cl)c(N)c1. The fourth-order valence-electron chi connectivity index (χ4n) is 1.55. The maximum atomic E-state index is 12.3. The fourth-order valence-corrected chi connectivity index (χ4v) is 2.94. The number of rotatable bonds is 4. The molecule has 0 aliphatic rings. The summed E-state index contributed by atoms with van der Waals surface area (Å²) in [5.74, 6) is 0.473. The Labute approximate surface area is 121 Å². The molecule has 0 bridgehead atoms.